The first-order valence-electron chi connectivity index (χ1n) is 5.13. The zero-order valence-corrected chi connectivity index (χ0v) is 10.2. The fraction of sp³-hybridized carbons (Fsp3) is 0.455. The van der Waals surface area contributed by atoms with Crippen LogP contribution in [0.4, 0.5) is 0 Å². The molecule has 1 rings (SSSR count). The summed E-state index contributed by atoms with van der Waals surface area (Å²) in [6, 6.07) is 10.4. The first-order chi connectivity index (χ1) is 6.93. The Morgan fingerprint density at radius 3 is 2.57 bits per heavy atom. The summed E-state index contributed by atoms with van der Waals surface area (Å²) in [5, 5.41) is 0. The molecule has 0 heterocycles. The van der Waals surface area contributed by atoms with E-state index in [1.807, 2.05) is 6.07 Å². The van der Waals surface area contributed by atoms with Crippen LogP contribution >= 0.6 is 0 Å². The van der Waals surface area contributed by atoms with Crippen molar-refractivity contribution >= 4 is 9.76 Å². The van der Waals surface area contributed by atoms with Crippen molar-refractivity contribution in [1.29, 1.82) is 0 Å². The van der Waals surface area contributed by atoms with Gasteiger partial charge >= 0.3 is 0 Å². The van der Waals surface area contributed by atoms with Gasteiger partial charge in [0.25, 0.3) is 0 Å². The van der Waals surface area contributed by atoms with Crippen molar-refractivity contribution < 1.29 is 9.16 Å². The van der Waals surface area contributed by atoms with Gasteiger partial charge in [0.2, 0.25) is 0 Å². The molecule has 0 fully saturated rings. The Kier molecular flexibility index (Phi) is 6.31. The molecule has 0 aliphatic carbocycles. The summed E-state index contributed by atoms with van der Waals surface area (Å²) in [4.78, 5) is 0. The molecule has 0 bridgehead atoms. The topological polar surface area (TPSA) is 18.5 Å². The predicted octanol–water partition coefficient (Wildman–Crippen LogP) is 1.39. The molecule has 0 aliphatic rings. The van der Waals surface area contributed by atoms with Crippen LogP contribution in [0.3, 0.4) is 0 Å². The summed E-state index contributed by atoms with van der Waals surface area (Å²) in [6.07, 6.45) is 0.990. The molecule has 0 saturated carbocycles. The molecular weight excluding hydrogens is 192 g/mol. The van der Waals surface area contributed by atoms with Crippen molar-refractivity contribution in [2.75, 3.05) is 19.8 Å². The Balaban J connectivity index is 1.99. The molecule has 0 aromatic heterocycles. The SMILES string of the molecule is C[SiH2]OCCOCCc1ccccc1. The molecule has 0 aliphatic heterocycles. The lowest BCUT2D eigenvalue weighted by Gasteiger charge is -2.04. The van der Waals surface area contributed by atoms with E-state index in [0.717, 1.165) is 26.2 Å². The van der Waals surface area contributed by atoms with Crippen LogP contribution in [0.1, 0.15) is 5.56 Å². The maximum atomic E-state index is 5.44. The highest BCUT2D eigenvalue weighted by Crippen LogP contribution is 1.99. The van der Waals surface area contributed by atoms with E-state index in [2.05, 4.69) is 30.8 Å². The Morgan fingerprint density at radius 2 is 1.86 bits per heavy atom. The Bertz CT molecular complexity index is 226. The van der Waals surface area contributed by atoms with Gasteiger partial charge in [-0.1, -0.05) is 36.9 Å². The third-order valence-electron chi connectivity index (χ3n) is 1.95. The van der Waals surface area contributed by atoms with Crippen LogP contribution in [0.25, 0.3) is 0 Å². The van der Waals surface area contributed by atoms with Crippen LogP contribution in [0, 0.1) is 0 Å². The average molecular weight is 210 g/mol. The lowest BCUT2D eigenvalue weighted by molar-refractivity contribution is 0.104. The summed E-state index contributed by atoms with van der Waals surface area (Å²) in [5.74, 6) is 0. The van der Waals surface area contributed by atoms with Crippen LogP contribution in [0.5, 0.6) is 0 Å². The molecule has 1 aromatic carbocycles. The van der Waals surface area contributed by atoms with Gasteiger partial charge in [-0.3, -0.25) is 0 Å². The van der Waals surface area contributed by atoms with E-state index in [4.69, 9.17) is 9.16 Å². The minimum atomic E-state index is -0.251. The molecule has 3 heteroatoms. The van der Waals surface area contributed by atoms with Crippen LogP contribution in [0.15, 0.2) is 30.3 Å². The van der Waals surface area contributed by atoms with Gasteiger partial charge in [0.1, 0.15) is 0 Å². The lowest BCUT2D eigenvalue weighted by Crippen LogP contribution is -2.07. The molecule has 14 heavy (non-hydrogen) atoms. The first kappa shape index (κ1) is 11.4. The van der Waals surface area contributed by atoms with Gasteiger partial charge in [-0.25, -0.2) is 0 Å². The van der Waals surface area contributed by atoms with E-state index in [1.54, 1.807) is 0 Å². The molecule has 78 valence electrons. The fourth-order valence-electron chi connectivity index (χ4n) is 1.20. The van der Waals surface area contributed by atoms with E-state index in [9.17, 15) is 0 Å². The Hall–Kier alpha value is -0.643. The smallest absolute Gasteiger partial charge is 0.158 e. The van der Waals surface area contributed by atoms with Gasteiger partial charge in [-0.15, -0.1) is 0 Å². The predicted molar refractivity (Wildman–Crippen MR) is 61.3 cm³/mol. The summed E-state index contributed by atoms with van der Waals surface area (Å²) < 4.78 is 10.7. The van der Waals surface area contributed by atoms with Crippen molar-refractivity contribution in [2.45, 2.75) is 13.0 Å². The van der Waals surface area contributed by atoms with E-state index < -0.39 is 0 Å². The molecule has 1 aromatic rings. The van der Waals surface area contributed by atoms with E-state index in [1.165, 1.54) is 5.56 Å². The van der Waals surface area contributed by atoms with Gasteiger partial charge in [0.15, 0.2) is 9.76 Å². The van der Waals surface area contributed by atoms with E-state index >= 15 is 0 Å². The van der Waals surface area contributed by atoms with E-state index in [0.29, 0.717) is 0 Å². The van der Waals surface area contributed by atoms with Crippen molar-refractivity contribution in [3.8, 4) is 0 Å². The van der Waals surface area contributed by atoms with Gasteiger partial charge in [0, 0.05) is 0 Å². The zero-order chi connectivity index (χ0) is 10.1. The maximum Gasteiger partial charge on any atom is 0.158 e. The summed E-state index contributed by atoms with van der Waals surface area (Å²) in [6.45, 7) is 4.41. The highest BCUT2D eigenvalue weighted by Gasteiger charge is 1.91. The second-order valence-electron chi connectivity index (χ2n) is 3.04. The first-order valence-corrected chi connectivity index (χ1v) is 7.12. The summed E-state index contributed by atoms with van der Waals surface area (Å²) in [7, 11) is -0.251. The standard InChI is InChI=1S/C11H18O2Si/c1-14-13-10-9-12-8-7-11-5-3-2-4-6-11/h2-6H,7-10,14H2,1H3. The molecule has 0 unspecified atom stereocenters. The van der Waals surface area contributed by atoms with Gasteiger partial charge in [-0.2, -0.15) is 0 Å². The number of ether oxygens (including phenoxy) is 1. The van der Waals surface area contributed by atoms with Crippen LogP contribution < -0.4 is 0 Å². The minimum absolute atomic E-state index is 0.251. The molecule has 0 radical (unpaired) electrons. The molecular formula is C11H18O2Si. The monoisotopic (exact) mass is 210 g/mol. The third-order valence-corrected chi connectivity index (χ3v) is 2.65. The molecule has 0 saturated heterocycles. The van der Waals surface area contributed by atoms with Crippen molar-refractivity contribution in [3.05, 3.63) is 35.9 Å². The Morgan fingerprint density at radius 1 is 1.07 bits per heavy atom. The number of benzene rings is 1. The third kappa shape index (κ3) is 5.17. The van der Waals surface area contributed by atoms with Crippen LogP contribution in [-0.2, 0) is 15.6 Å². The van der Waals surface area contributed by atoms with Crippen molar-refractivity contribution in [3.63, 3.8) is 0 Å². The molecule has 2 nitrogen and oxygen atoms in total. The molecule has 0 amide bonds. The van der Waals surface area contributed by atoms with Gasteiger partial charge in [0.05, 0.1) is 19.8 Å². The number of hydrogen-bond acceptors (Lipinski definition) is 2. The second-order valence-corrected chi connectivity index (χ2v) is 4.03. The highest BCUT2D eigenvalue weighted by atomic mass is 28.2. The number of hydrogen-bond donors (Lipinski definition) is 0. The molecule has 0 N–H and O–H groups in total. The number of rotatable bonds is 7. The van der Waals surface area contributed by atoms with Crippen molar-refractivity contribution in [1.82, 2.24) is 0 Å². The normalized spacial score (nSPS) is 11.2. The van der Waals surface area contributed by atoms with Crippen molar-refractivity contribution in [2.24, 2.45) is 0 Å². The van der Waals surface area contributed by atoms with E-state index in [-0.39, 0.29) is 9.76 Å². The molecule has 0 spiro atoms. The second kappa shape index (κ2) is 7.73. The lowest BCUT2D eigenvalue weighted by atomic mass is 10.2. The maximum absolute atomic E-state index is 5.44. The van der Waals surface area contributed by atoms with Crippen LogP contribution in [0.2, 0.25) is 6.55 Å². The fourth-order valence-corrected chi connectivity index (χ4v) is 1.61. The quantitative estimate of drug-likeness (QED) is 0.500. The summed E-state index contributed by atoms with van der Waals surface area (Å²) in [5.41, 5.74) is 1.33. The van der Waals surface area contributed by atoms with Crippen LogP contribution in [-0.4, -0.2) is 29.6 Å². The zero-order valence-electron chi connectivity index (χ0n) is 8.74. The Labute approximate surface area is 88.2 Å². The molecule has 0 atom stereocenters. The van der Waals surface area contributed by atoms with Gasteiger partial charge < -0.3 is 9.16 Å². The van der Waals surface area contributed by atoms with Gasteiger partial charge in [-0.05, 0) is 12.0 Å². The highest BCUT2D eigenvalue weighted by molar-refractivity contribution is 6.24. The minimum Gasteiger partial charge on any atom is -0.422 e. The summed E-state index contributed by atoms with van der Waals surface area (Å²) >= 11 is 0. The average Bonchev–Trinajstić information content (AvgIpc) is 2.25. The largest absolute Gasteiger partial charge is 0.422 e.